The van der Waals surface area contributed by atoms with Crippen LogP contribution >= 0.6 is 0 Å². The van der Waals surface area contributed by atoms with E-state index in [1.807, 2.05) is 32.9 Å². The summed E-state index contributed by atoms with van der Waals surface area (Å²) in [4.78, 5) is 12.1. The molecular formula is C16H25NO. The molecule has 0 saturated heterocycles. The van der Waals surface area contributed by atoms with Crippen molar-refractivity contribution >= 4 is 5.78 Å². The van der Waals surface area contributed by atoms with Crippen LogP contribution in [0.5, 0.6) is 0 Å². The van der Waals surface area contributed by atoms with E-state index in [0.29, 0.717) is 0 Å². The van der Waals surface area contributed by atoms with Gasteiger partial charge < -0.3 is 5.73 Å². The van der Waals surface area contributed by atoms with Crippen molar-refractivity contribution in [2.45, 2.75) is 53.0 Å². The van der Waals surface area contributed by atoms with Crippen LogP contribution in [0.25, 0.3) is 0 Å². The standard InChI is InChI=1S/C16H25NO/c1-15(2,3)12-9-7-11(8-10-12)13(17)14(18)16(4,5)6/h7-10,13H,17H2,1-6H3. The van der Waals surface area contributed by atoms with Gasteiger partial charge in [-0.1, -0.05) is 65.8 Å². The molecule has 1 unspecified atom stereocenters. The van der Waals surface area contributed by atoms with E-state index in [1.165, 1.54) is 5.56 Å². The van der Waals surface area contributed by atoms with E-state index in [2.05, 4.69) is 32.9 Å². The molecule has 2 N–H and O–H groups in total. The molecule has 100 valence electrons. The van der Waals surface area contributed by atoms with Crippen LogP contribution in [-0.4, -0.2) is 5.78 Å². The van der Waals surface area contributed by atoms with Crippen molar-refractivity contribution in [3.8, 4) is 0 Å². The molecule has 1 aromatic carbocycles. The van der Waals surface area contributed by atoms with Crippen molar-refractivity contribution in [1.29, 1.82) is 0 Å². The second kappa shape index (κ2) is 4.85. The van der Waals surface area contributed by atoms with Crippen molar-refractivity contribution in [1.82, 2.24) is 0 Å². The summed E-state index contributed by atoms with van der Waals surface area (Å²) in [7, 11) is 0. The molecule has 1 rings (SSSR count). The van der Waals surface area contributed by atoms with Crippen LogP contribution in [0.2, 0.25) is 0 Å². The zero-order valence-electron chi connectivity index (χ0n) is 12.4. The van der Waals surface area contributed by atoms with Crippen molar-refractivity contribution < 1.29 is 4.79 Å². The zero-order chi connectivity index (χ0) is 14.1. The predicted molar refractivity (Wildman–Crippen MR) is 76.5 cm³/mol. The summed E-state index contributed by atoms with van der Waals surface area (Å²) in [6.07, 6.45) is 0. The zero-order valence-corrected chi connectivity index (χ0v) is 12.4. The molecule has 0 fully saturated rings. The van der Waals surface area contributed by atoms with Gasteiger partial charge in [-0.2, -0.15) is 0 Å². The highest BCUT2D eigenvalue weighted by atomic mass is 16.1. The molecule has 0 aliphatic carbocycles. The minimum atomic E-state index is -0.529. The number of benzene rings is 1. The van der Waals surface area contributed by atoms with E-state index in [0.717, 1.165) is 5.56 Å². The monoisotopic (exact) mass is 247 g/mol. The molecule has 1 aromatic rings. The molecule has 0 aromatic heterocycles. The van der Waals surface area contributed by atoms with Crippen molar-refractivity contribution in [3.05, 3.63) is 35.4 Å². The summed E-state index contributed by atoms with van der Waals surface area (Å²) in [5, 5.41) is 0. The first-order chi connectivity index (χ1) is 8.03. The molecular weight excluding hydrogens is 222 g/mol. The Morgan fingerprint density at radius 3 is 1.78 bits per heavy atom. The third-order valence-electron chi connectivity index (χ3n) is 3.16. The van der Waals surface area contributed by atoms with E-state index in [4.69, 9.17) is 5.73 Å². The van der Waals surface area contributed by atoms with E-state index < -0.39 is 11.5 Å². The number of carbonyl (C=O) groups excluding carboxylic acids is 1. The van der Waals surface area contributed by atoms with Gasteiger partial charge in [-0.25, -0.2) is 0 Å². The first kappa shape index (κ1) is 14.9. The Hall–Kier alpha value is -1.15. The highest BCUT2D eigenvalue weighted by molar-refractivity contribution is 5.89. The Balaban J connectivity index is 2.96. The third-order valence-corrected chi connectivity index (χ3v) is 3.16. The maximum Gasteiger partial charge on any atom is 0.159 e. The lowest BCUT2D eigenvalue weighted by molar-refractivity contribution is -0.127. The largest absolute Gasteiger partial charge is 0.318 e. The van der Waals surface area contributed by atoms with Gasteiger partial charge in [0.15, 0.2) is 5.78 Å². The number of ketones is 1. The summed E-state index contributed by atoms with van der Waals surface area (Å²) >= 11 is 0. The molecule has 18 heavy (non-hydrogen) atoms. The predicted octanol–water partition coefficient (Wildman–Crippen LogP) is 3.60. The lowest BCUT2D eigenvalue weighted by Crippen LogP contribution is -2.32. The SMILES string of the molecule is CC(C)(C)C(=O)C(N)c1ccc(C(C)(C)C)cc1. The molecule has 2 nitrogen and oxygen atoms in total. The Morgan fingerprint density at radius 1 is 1.00 bits per heavy atom. The van der Waals surface area contributed by atoms with Crippen LogP contribution in [0, 0.1) is 5.41 Å². The summed E-state index contributed by atoms with van der Waals surface area (Å²) in [5.41, 5.74) is 7.90. The van der Waals surface area contributed by atoms with Gasteiger partial charge in [0.2, 0.25) is 0 Å². The lowest BCUT2D eigenvalue weighted by Gasteiger charge is -2.23. The normalized spacial score (nSPS) is 14.4. The van der Waals surface area contributed by atoms with E-state index in [-0.39, 0.29) is 11.2 Å². The van der Waals surface area contributed by atoms with Gasteiger partial charge >= 0.3 is 0 Å². The molecule has 0 aliphatic rings. The van der Waals surface area contributed by atoms with Gasteiger partial charge in [0.1, 0.15) is 0 Å². The fourth-order valence-corrected chi connectivity index (χ4v) is 1.81. The number of carbonyl (C=O) groups is 1. The van der Waals surface area contributed by atoms with Crippen LogP contribution in [0.3, 0.4) is 0 Å². The fourth-order valence-electron chi connectivity index (χ4n) is 1.81. The minimum Gasteiger partial charge on any atom is -0.318 e. The number of hydrogen-bond donors (Lipinski definition) is 1. The highest BCUT2D eigenvalue weighted by Crippen LogP contribution is 2.27. The molecule has 0 spiro atoms. The second-order valence-corrected chi connectivity index (χ2v) is 6.96. The van der Waals surface area contributed by atoms with Crippen LogP contribution < -0.4 is 5.73 Å². The van der Waals surface area contributed by atoms with E-state index >= 15 is 0 Å². The maximum atomic E-state index is 12.1. The fraction of sp³-hybridized carbons (Fsp3) is 0.562. The summed E-state index contributed by atoms with van der Waals surface area (Å²) < 4.78 is 0. The molecule has 0 heterocycles. The van der Waals surface area contributed by atoms with Crippen LogP contribution in [-0.2, 0) is 10.2 Å². The highest BCUT2D eigenvalue weighted by Gasteiger charge is 2.28. The third kappa shape index (κ3) is 3.42. The van der Waals surface area contributed by atoms with Crippen molar-refractivity contribution in [3.63, 3.8) is 0 Å². The quantitative estimate of drug-likeness (QED) is 0.867. The smallest absolute Gasteiger partial charge is 0.159 e. The number of Topliss-reactive ketones (excluding diaryl/α,β-unsaturated/α-hetero) is 1. The van der Waals surface area contributed by atoms with Crippen LogP contribution in [0.1, 0.15) is 58.7 Å². The lowest BCUT2D eigenvalue weighted by atomic mass is 9.82. The molecule has 1 atom stereocenters. The van der Waals surface area contributed by atoms with E-state index in [1.54, 1.807) is 0 Å². The molecule has 2 heteroatoms. The first-order valence-corrected chi connectivity index (χ1v) is 6.44. The Kier molecular flexibility index (Phi) is 4.02. The number of nitrogens with two attached hydrogens (primary N) is 1. The molecule has 0 amide bonds. The molecule has 0 radical (unpaired) electrons. The Labute approximate surface area is 111 Å². The molecule has 0 saturated carbocycles. The average molecular weight is 247 g/mol. The summed E-state index contributed by atoms with van der Waals surface area (Å²) in [6, 6.07) is 7.53. The van der Waals surface area contributed by atoms with Gasteiger partial charge in [-0.05, 0) is 16.5 Å². The van der Waals surface area contributed by atoms with Crippen LogP contribution in [0.15, 0.2) is 24.3 Å². The van der Waals surface area contributed by atoms with E-state index in [9.17, 15) is 4.79 Å². The maximum absolute atomic E-state index is 12.1. The molecule has 0 bridgehead atoms. The second-order valence-electron chi connectivity index (χ2n) is 6.96. The van der Waals surface area contributed by atoms with Gasteiger partial charge in [0, 0.05) is 5.41 Å². The number of rotatable bonds is 2. The van der Waals surface area contributed by atoms with Crippen molar-refractivity contribution in [2.75, 3.05) is 0 Å². The first-order valence-electron chi connectivity index (χ1n) is 6.44. The molecule has 0 aliphatic heterocycles. The Morgan fingerprint density at radius 2 is 1.44 bits per heavy atom. The number of hydrogen-bond acceptors (Lipinski definition) is 2. The van der Waals surface area contributed by atoms with Gasteiger partial charge in [0.25, 0.3) is 0 Å². The Bertz CT molecular complexity index is 418. The summed E-state index contributed by atoms with van der Waals surface area (Å²) in [6.45, 7) is 12.2. The topological polar surface area (TPSA) is 43.1 Å². The van der Waals surface area contributed by atoms with Crippen molar-refractivity contribution in [2.24, 2.45) is 11.1 Å². The summed E-state index contributed by atoms with van der Waals surface area (Å²) in [5.74, 6) is 0.0750. The van der Waals surface area contributed by atoms with Gasteiger partial charge in [-0.15, -0.1) is 0 Å². The van der Waals surface area contributed by atoms with Gasteiger partial charge in [-0.3, -0.25) is 4.79 Å². The van der Waals surface area contributed by atoms with Gasteiger partial charge in [0.05, 0.1) is 6.04 Å². The average Bonchev–Trinajstić information content (AvgIpc) is 2.25. The van der Waals surface area contributed by atoms with Crippen LogP contribution in [0.4, 0.5) is 0 Å². The minimum absolute atomic E-state index is 0.0750.